The normalized spacial score (nSPS) is 20.3. The summed E-state index contributed by atoms with van der Waals surface area (Å²) in [7, 11) is 0. The lowest BCUT2D eigenvalue weighted by Gasteiger charge is -2.34. The molecule has 7 heteroatoms. The van der Waals surface area contributed by atoms with Gasteiger partial charge in [-0.2, -0.15) is 16.9 Å². The van der Waals surface area contributed by atoms with Gasteiger partial charge in [0.2, 0.25) is 0 Å². The van der Waals surface area contributed by atoms with Crippen molar-refractivity contribution < 1.29 is 5.11 Å². The Kier molecular flexibility index (Phi) is 6.28. The highest BCUT2D eigenvalue weighted by Gasteiger charge is 2.23. The van der Waals surface area contributed by atoms with Gasteiger partial charge >= 0.3 is 0 Å². The second-order valence-corrected chi connectivity index (χ2v) is 7.59. The van der Waals surface area contributed by atoms with Crippen molar-refractivity contribution in [3.8, 4) is 0 Å². The fourth-order valence-corrected chi connectivity index (χ4v) is 4.26. The van der Waals surface area contributed by atoms with E-state index in [-0.39, 0.29) is 6.61 Å². The molecule has 1 unspecified atom stereocenters. The predicted octanol–water partition coefficient (Wildman–Crippen LogP) is 2.35. The molecule has 0 aromatic carbocycles. The van der Waals surface area contributed by atoms with Crippen molar-refractivity contribution >= 4 is 24.0 Å². The smallest absolute Gasteiger partial charge is 0.199 e. The molecule has 1 aromatic rings. The Morgan fingerprint density at radius 1 is 1.48 bits per heavy atom. The van der Waals surface area contributed by atoms with Gasteiger partial charge in [-0.25, -0.2) is 4.68 Å². The van der Waals surface area contributed by atoms with E-state index in [2.05, 4.69) is 42.5 Å². The monoisotopic (exact) mass is 330 g/mol. The summed E-state index contributed by atoms with van der Waals surface area (Å²) >= 11 is 7.58. The summed E-state index contributed by atoms with van der Waals surface area (Å²) in [4.78, 5) is 2.42. The molecule has 2 heterocycles. The van der Waals surface area contributed by atoms with E-state index in [9.17, 15) is 5.11 Å². The Morgan fingerprint density at radius 2 is 2.24 bits per heavy atom. The third kappa shape index (κ3) is 4.09. The largest absolute Gasteiger partial charge is 0.388 e. The summed E-state index contributed by atoms with van der Waals surface area (Å²) in [6, 6.07) is 0. The zero-order valence-corrected chi connectivity index (χ0v) is 14.8. The molecular weight excluding hydrogens is 304 g/mol. The molecule has 1 N–H and O–H groups in total. The van der Waals surface area contributed by atoms with E-state index in [4.69, 9.17) is 12.2 Å². The summed E-state index contributed by atoms with van der Waals surface area (Å²) in [5.41, 5.74) is 0. The molecule has 0 amide bonds. The van der Waals surface area contributed by atoms with Crippen LogP contribution in [-0.4, -0.2) is 48.4 Å². The third-order valence-corrected chi connectivity index (χ3v) is 5.81. The second kappa shape index (κ2) is 7.76. The van der Waals surface area contributed by atoms with Crippen LogP contribution in [0, 0.1) is 10.7 Å². The maximum Gasteiger partial charge on any atom is 0.199 e. The van der Waals surface area contributed by atoms with Gasteiger partial charge < -0.3 is 9.67 Å². The van der Waals surface area contributed by atoms with Crippen molar-refractivity contribution in [1.82, 2.24) is 19.2 Å². The number of aliphatic hydroxyl groups excluding tert-OH is 1. The standard InChI is InChI=1S/C14H26N4OS2/c1-4-5-17-13(9-19)15-18(14(17)20)10-16-6-7-21-12(8-16)11(2)3/h11-12,19H,4-10H2,1-3H3. The molecule has 21 heavy (non-hydrogen) atoms. The highest BCUT2D eigenvalue weighted by atomic mass is 32.2. The van der Waals surface area contributed by atoms with Crippen LogP contribution in [0.3, 0.4) is 0 Å². The minimum atomic E-state index is -0.0545. The first-order valence-corrected chi connectivity index (χ1v) is 9.13. The quantitative estimate of drug-likeness (QED) is 0.811. The molecule has 0 aliphatic carbocycles. The number of aliphatic hydroxyl groups is 1. The fraction of sp³-hybridized carbons (Fsp3) is 0.857. The minimum Gasteiger partial charge on any atom is -0.388 e. The third-order valence-electron chi connectivity index (χ3n) is 3.84. The van der Waals surface area contributed by atoms with E-state index in [0.29, 0.717) is 17.0 Å². The lowest BCUT2D eigenvalue weighted by molar-refractivity contribution is 0.201. The molecule has 1 aliphatic rings. The Bertz CT molecular complexity index is 512. The SMILES string of the molecule is CCCn1c(CO)nn(CN2CCSC(C(C)C)C2)c1=S. The highest BCUT2D eigenvalue weighted by Crippen LogP contribution is 2.25. The number of hydrogen-bond acceptors (Lipinski definition) is 5. The number of nitrogens with zero attached hydrogens (tertiary/aromatic N) is 4. The van der Waals surface area contributed by atoms with Crippen molar-refractivity contribution in [3.05, 3.63) is 10.6 Å². The van der Waals surface area contributed by atoms with Gasteiger partial charge in [0.15, 0.2) is 10.6 Å². The highest BCUT2D eigenvalue weighted by molar-refractivity contribution is 8.00. The summed E-state index contributed by atoms with van der Waals surface area (Å²) < 4.78 is 4.54. The van der Waals surface area contributed by atoms with Crippen LogP contribution in [0.15, 0.2) is 0 Å². The lowest BCUT2D eigenvalue weighted by Crippen LogP contribution is -2.41. The Hall–Kier alpha value is -0.370. The van der Waals surface area contributed by atoms with Gasteiger partial charge in [0.05, 0.1) is 6.67 Å². The average Bonchev–Trinajstić information content (AvgIpc) is 2.76. The van der Waals surface area contributed by atoms with E-state index in [1.54, 1.807) is 0 Å². The van der Waals surface area contributed by atoms with Crippen LogP contribution in [0.5, 0.6) is 0 Å². The van der Waals surface area contributed by atoms with E-state index >= 15 is 0 Å². The van der Waals surface area contributed by atoms with Gasteiger partial charge in [0.1, 0.15) is 6.61 Å². The summed E-state index contributed by atoms with van der Waals surface area (Å²) in [6.07, 6.45) is 0.989. The van der Waals surface area contributed by atoms with E-state index in [0.717, 1.165) is 37.5 Å². The van der Waals surface area contributed by atoms with Crippen LogP contribution in [0.2, 0.25) is 0 Å². The fourth-order valence-electron chi connectivity index (χ4n) is 2.60. The van der Waals surface area contributed by atoms with Crippen molar-refractivity contribution in [2.75, 3.05) is 18.8 Å². The van der Waals surface area contributed by atoms with Crippen LogP contribution >= 0.6 is 24.0 Å². The van der Waals surface area contributed by atoms with E-state index < -0.39 is 0 Å². The molecule has 1 fully saturated rings. The first kappa shape index (κ1) is 17.0. The van der Waals surface area contributed by atoms with E-state index in [1.807, 2.05) is 9.25 Å². The van der Waals surface area contributed by atoms with Crippen molar-refractivity contribution in [2.24, 2.45) is 5.92 Å². The van der Waals surface area contributed by atoms with Gasteiger partial charge in [-0.1, -0.05) is 20.8 Å². The van der Waals surface area contributed by atoms with Crippen LogP contribution in [-0.2, 0) is 19.8 Å². The molecule has 0 radical (unpaired) electrons. The molecule has 1 atom stereocenters. The number of rotatable bonds is 6. The maximum atomic E-state index is 9.44. The average molecular weight is 331 g/mol. The van der Waals surface area contributed by atoms with Gasteiger partial charge in [0.25, 0.3) is 0 Å². The minimum absolute atomic E-state index is 0.0545. The second-order valence-electron chi connectivity index (χ2n) is 5.88. The van der Waals surface area contributed by atoms with Gasteiger partial charge in [0, 0.05) is 30.6 Å². The molecular formula is C14H26N4OS2. The molecule has 2 rings (SSSR count). The molecule has 5 nitrogen and oxygen atoms in total. The van der Waals surface area contributed by atoms with Crippen molar-refractivity contribution in [2.45, 2.75) is 52.3 Å². The predicted molar refractivity (Wildman–Crippen MR) is 89.9 cm³/mol. The van der Waals surface area contributed by atoms with Crippen LogP contribution in [0.1, 0.15) is 33.0 Å². The van der Waals surface area contributed by atoms with E-state index in [1.165, 1.54) is 5.75 Å². The summed E-state index contributed by atoms with van der Waals surface area (Å²) in [5.74, 6) is 2.53. The van der Waals surface area contributed by atoms with Gasteiger partial charge in [-0.05, 0) is 24.6 Å². The molecule has 0 bridgehead atoms. The Labute approximate surface area is 136 Å². The Morgan fingerprint density at radius 3 is 2.86 bits per heavy atom. The molecule has 1 saturated heterocycles. The first-order valence-electron chi connectivity index (χ1n) is 7.68. The molecule has 1 aromatic heterocycles. The van der Waals surface area contributed by atoms with Crippen LogP contribution in [0.25, 0.3) is 0 Å². The molecule has 0 saturated carbocycles. The molecule has 120 valence electrons. The molecule has 0 spiro atoms. The first-order chi connectivity index (χ1) is 10.1. The number of hydrogen-bond donors (Lipinski definition) is 1. The van der Waals surface area contributed by atoms with Crippen LogP contribution < -0.4 is 0 Å². The zero-order chi connectivity index (χ0) is 15.4. The number of thioether (sulfide) groups is 1. The molecule has 1 aliphatic heterocycles. The topological polar surface area (TPSA) is 46.2 Å². The van der Waals surface area contributed by atoms with Crippen LogP contribution in [0.4, 0.5) is 0 Å². The van der Waals surface area contributed by atoms with Gasteiger partial charge in [-0.3, -0.25) is 4.90 Å². The Balaban J connectivity index is 2.10. The summed E-state index contributed by atoms with van der Waals surface area (Å²) in [6.45, 7) is 10.3. The lowest BCUT2D eigenvalue weighted by atomic mass is 10.1. The zero-order valence-electron chi connectivity index (χ0n) is 13.2. The summed E-state index contributed by atoms with van der Waals surface area (Å²) in [5, 5.41) is 14.6. The number of aromatic nitrogens is 3. The van der Waals surface area contributed by atoms with Crippen molar-refractivity contribution in [3.63, 3.8) is 0 Å². The van der Waals surface area contributed by atoms with Gasteiger partial charge in [-0.15, -0.1) is 0 Å². The van der Waals surface area contributed by atoms with Crippen molar-refractivity contribution in [1.29, 1.82) is 0 Å². The maximum absolute atomic E-state index is 9.44.